The van der Waals surface area contributed by atoms with Crippen molar-refractivity contribution in [3.05, 3.63) is 47.0 Å². The van der Waals surface area contributed by atoms with Crippen LogP contribution in [0.5, 0.6) is 0 Å². The average molecular weight is 279 g/mol. The molecule has 0 spiro atoms. The maximum Gasteiger partial charge on any atom is 0.0496 e. The molecule has 0 unspecified atom stereocenters. The number of benzene rings is 2. The largest absolute Gasteiger partial charge is 0.341 e. The molecule has 1 heteroatoms. The lowest BCUT2D eigenvalue weighted by molar-refractivity contribution is 0.793. The van der Waals surface area contributed by atoms with Crippen LogP contribution in [0.25, 0.3) is 21.8 Å². The van der Waals surface area contributed by atoms with E-state index in [4.69, 9.17) is 0 Å². The van der Waals surface area contributed by atoms with E-state index in [0.717, 1.165) is 6.54 Å². The van der Waals surface area contributed by atoms with Crippen LogP contribution in [0.15, 0.2) is 30.3 Å². The van der Waals surface area contributed by atoms with Gasteiger partial charge in [-0.1, -0.05) is 31.5 Å². The van der Waals surface area contributed by atoms with Crippen molar-refractivity contribution in [3.63, 3.8) is 0 Å². The van der Waals surface area contributed by atoms with E-state index in [1.54, 1.807) is 5.56 Å². The molecule has 0 aliphatic carbocycles. The minimum atomic E-state index is 1.03. The van der Waals surface area contributed by atoms with Crippen molar-refractivity contribution >= 4 is 21.8 Å². The maximum atomic E-state index is 2.46. The molecule has 1 nitrogen and oxygen atoms in total. The molecule has 0 fully saturated rings. The van der Waals surface area contributed by atoms with Gasteiger partial charge in [0.2, 0.25) is 0 Å². The summed E-state index contributed by atoms with van der Waals surface area (Å²) in [6.07, 6.45) is 3.71. The van der Waals surface area contributed by atoms with Crippen LogP contribution in [0.4, 0.5) is 0 Å². The Bertz CT molecular complexity index is 793. The molecule has 1 aromatic heterocycles. The molecule has 1 heterocycles. The number of hydrogen-bond donors (Lipinski definition) is 0. The molecule has 3 aromatic rings. The molecule has 0 amide bonds. The highest BCUT2D eigenvalue weighted by atomic mass is 15.0. The molecule has 0 atom stereocenters. The van der Waals surface area contributed by atoms with Gasteiger partial charge in [-0.15, -0.1) is 0 Å². The van der Waals surface area contributed by atoms with Gasteiger partial charge in [0.15, 0.2) is 0 Å². The van der Waals surface area contributed by atoms with Crippen molar-refractivity contribution in [1.82, 2.24) is 4.57 Å². The highest BCUT2D eigenvalue weighted by molar-refractivity contribution is 6.10. The smallest absolute Gasteiger partial charge is 0.0496 e. The zero-order valence-corrected chi connectivity index (χ0v) is 13.7. The first-order chi connectivity index (χ1) is 10.2. The first kappa shape index (κ1) is 14.2. The molecule has 0 bridgehead atoms. The van der Waals surface area contributed by atoms with E-state index in [1.807, 2.05) is 0 Å². The number of fused-ring (bicyclic) bond motifs is 3. The Kier molecular flexibility index (Phi) is 3.75. The Morgan fingerprint density at radius 3 is 2.48 bits per heavy atom. The fourth-order valence-corrected chi connectivity index (χ4v) is 3.54. The zero-order chi connectivity index (χ0) is 15.0. The third-order valence-corrected chi connectivity index (χ3v) is 4.81. The summed E-state index contributed by atoms with van der Waals surface area (Å²) in [6.45, 7) is 10.1. The SMILES string of the molecule is CCCCc1c(C)c(C)cc2c1c1ccccc1n2CC. The van der Waals surface area contributed by atoms with E-state index < -0.39 is 0 Å². The van der Waals surface area contributed by atoms with Crippen LogP contribution in [0.3, 0.4) is 0 Å². The average Bonchev–Trinajstić information content (AvgIpc) is 2.81. The van der Waals surface area contributed by atoms with Crippen LogP contribution in [0.2, 0.25) is 0 Å². The van der Waals surface area contributed by atoms with Crippen LogP contribution in [0.1, 0.15) is 43.4 Å². The van der Waals surface area contributed by atoms with Crippen LogP contribution in [0, 0.1) is 13.8 Å². The minimum Gasteiger partial charge on any atom is -0.341 e. The predicted molar refractivity (Wildman–Crippen MR) is 93.2 cm³/mol. The summed E-state index contributed by atoms with van der Waals surface area (Å²) in [6, 6.07) is 11.2. The van der Waals surface area contributed by atoms with Crippen molar-refractivity contribution in [3.8, 4) is 0 Å². The van der Waals surface area contributed by atoms with Gasteiger partial charge in [0, 0.05) is 28.4 Å². The van der Waals surface area contributed by atoms with Crippen molar-refractivity contribution in [2.45, 2.75) is 53.5 Å². The van der Waals surface area contributed by atoms with E-state index in [-0.39, 0.29) is 0 Å². The molecule has 0 aliphatic heterocycles. The van der Waals surface area contributed by atoms with E-state index in [1.165, 1.54) is 52.2 Å². The van der Waals surface area contributed by atoms with Crippen molar-refractivity contribution < 1.29 is 0 Å². The molecule has 0 N–H and O–H groups in total. The van der Waals surface area contributed by atoms with E-state index in [9.17, 15) is 0 Å². The second-order valence-electron chi connectivity index (χ2n) is 6.06. The van der Waals surface area contributed by atoms with Crippen molar-refractivity contribution in [1.29, 1.82) is 0 Å². The lowest BCUT2D eigenvalue weighted by Gasteiger charge is -2.12. The number of rotatable bonds is 4. The molecular formula is C20H25N. The fraction of sp³-hybridized carbons (Fsp3) is 0.400. The second kappa shape index (κ2) is 5.55. The first-order valence-electron chi connectivity index (χ1n) is 8.19. The lowest BCUT2D eigenvalue weighted by atomic mass is 9.94. The second-order valence-corrected chi connectivity index (χ2v) is 6.06. The summed E-state index contributed by atoms with van der Waals surface area (Å²) in [7, 11) is 0. The van der Waals surface area contributed by atoms with Gasteiger partial charge in [0.25, 0.3) is 0 Å². The Morgan fingerprint density at radius 2 is 1.76 bits per heavy atom. The van der Waals surface area contributed by atoms with Gasteiger partial charge in [0.05, 0.1) is 0 Å². The molecule has 21 heavy (non-hydrogen) atoms. The Labute approximate surface area is 127 Å². The van der Waals surface area contributed by atoms with Crippen LogP contribution in [-0.2, 0) is 13.0 Å². The molecule has 0 radical (unpaired) electrons. The summed E-state index contributed by atoms with van der Waals surface area (Å²) >= 11 is 0. The van der Waals surface area contributed by atoms with Gasteiger partial charge in [-0.3, -0.25) is 0 Å². The number of aromatic nitrogens is 1. The van der Waals surface area contributed by atoms with E-state index in [2.05, 4.69) is 62.6 Å². The Balaban J connectivity index is 2.45. The minimum absolute atomic E-state index is 1.03. The predicted octanol–water partition coefficient (Wildman–Crippen LogP) is 5.77. The summed E-state index contributed by atoms with van der Waals surface area (Å²) in [4.78, 5) is 0. The number of nitrogens with zero attached hydrogens (tertiary/aromatic N) is 1. The van der Waals surface area contributed by atoms with Crippen LogP contribution in [-0.4, -0.2) is 4.57 Å². The third kappa shape index (κ3) is 2.16. The summed E-state index contributed by atoms with van der Waals surface area (Å²) < 4.78 is 2.46. The molecule has 0 saturated heterocycles. The van der Waals surface area contributed by atoms with Crippen LogP contribution < -0.4 is 0 Å². The summed E-state index contributed by atoms with van der Waals surface area (Å²) in [5, 5.41) is 2.91. The standard InChI is InChI=1S/C20H25N/c1-5-7-10-16-15(4)14(3)13-19-20(16)17-11-8-9-12-18(17)21(19)6-2/h8-9,11-13H,5-7,10H2,1-4H3. The van der Waals surface area contributed by atoms with Crippen LogP contribution >= 0.6 is 0 Å². The van der Waals surface area contributed by atoms with E-state index >= 15 is 0 Å². The highest BCUT2D eigenvalue weighted by Crippen LogP contribution is 2.35. The van der Waals surface area contributed by atoms with E-state index in [0.29, 0.717) is 0 Å². The van der Waals surface area contributed by atoms with Crippen molar-refractivity contribution in [2.24, 2.45) is 0 Å². The Hall–Kier alpha value is -1.76. The van der Waals surface area contributed by atoms with Gasteiger partial charge in [-0.05, 0) is 62.4 Å². The van der Waals surface area contributed by atoms with Gasteiger partial charge < -0.3 is 4.57 Å². The molecule has 3 rings (SSSR count). The topological polar surface area (TPSA) is 4.93 Å². The number of aryl methyl sites for hydroxylation is 3. The highest BCUT2D eigenvalue weighted by Gasteiger charge is 2.15. The Morgan fingerprint density at radius 1 is 1.00 bits per heavy atom. The first-order valence-corrected chi connectivity index (χ1v) is 8.19. The maximum absolute atomic E-state index is 2.46. The van der Waals surface area contributed by atoms with Crippen molar-refractivity contribution in [2.75, 3.05) is 0 Å². The monoisotopic (exact) mass is 279 g/mol. The van der Waals surface area contributed by atoms with Gasteiger partial charge in [-0.25, -0.2) is 0 Å². The summed E-state index contributed by atoms with van der Waals surface area (Å²) in [5.41, 5.74) is 7.25. The van der Waals surface area contributed by atoms with Gasteiger partial charge in [-0.2, -0.15) is 0 Å². The zero-order valence-electron chi connectivity index (χ0n) is 13.7. The summed E-state index contributed by atoms with van der Waals surface area (Å²) in [5.74, 6) is 0. The third-order valence-electron chi connectivity index (χ3n) is 4.81. The molecule has 2 aromatic carbocycles. The number of hydrogen-bond acceptors (Lipinski definition) is 0. The number of unbranched alkanes of at least 4 members (excludes halogenated alkanes) is 1. The normalized spacial score (nSPS) is 11.6. The fourth-order valence-electron chi connectivity index (χ4n) is 3.54. The van der Waals surface area contributed by atoms with Gasteiger partial charge in [0.1, 0.15) is 0 Å². The lowest BCUT2D eigenvalue weighted by Crippen LogP contribution is -1.97. The molecule has 0 aliphatic rings. The molecule has 0 saturated carbocycles. The van der Waals surface area contributed by atoms with Gasteiger partial charge >= 0.3 is 0 Å². The quantitative estimate of drug-likeness (QED) is 0.571. The molecule has 110 valence electrons. The molecular weight excluding hydrogens is 254 g/mol. The number of para-hydroxylation sites is 1.